The molecule has 0 unspecified atom stereocenters. The van der Waals surface area contributed by atoms with E-state index >= 15 is 0 Å². The number of amides is 1. The summed E-state index contributed by atoms with van der Waals surface area (Å²) in [5, 5.41) is 12.6. The minimum absolute atomic E-state index is 0.0688. The number of alkyl halides is 3. The summed E-state index contributed by atoms with van der Waals surface area (Å²) in [7, 11) is 1.76. The first-order valence-electron chi connectivity index (χ1n) is 10.4. The number of aryl methyl sites for hydroxylation is 2. The van der Waals surface area contributed by atoms with Crippen molar-refractivity contribution in [1.82, 2.24) is 29.7 Å². The second-order valence-electron chi connectivity index (χ2n) is 7.98. The van der Waals surface area contributed by atoms with Gasteiger partial charge in [-0.15, -0.1) is 0 Å². The summed E-state index contributed by atoms with van der Waals surface area (Å²) in [6.45, 7) is 1.98. The van der Waals surface area contributed by atoms with Gasteiger partial charge in [0.1, 0.15) is 0 Å². The Morgan fingerprint density at radius 3 is 2.50 bits per heavy atom. The van der Waals surface area contributed by atoms with Crippen molar-refractivity contribution in [2.75, 3.05) is 0 Å². The third-order valence-corrected chi connectivity index (χ3v) is 5.55. The maximum Gasteiger partial charge on any atom is 0.433 e. The van der Waals surface area contributed by atoms with Gasteiger partial charge in [-0.3, -0.25) is 9.48 Å². The van der Waals surface area contributed by atoms with Gasteiger partial charge in [0.05, 0.1) is 11.4 Å². The number of hydrogen-bond acceptors (Lipinski definition) is 4. The molecule has 5 aromatic rings. The number of fused-ring (bicyclic) bond motifs is 2. The predicted molar refractivity (Wildman–Crippen MR) is 120 cm³/mol. The van der Waals surface area contributed by atoms with E-state index < -0.39 is 17.8 Å². The summed E-state index contributed by atoms with van der Waals surface area (Å²) in [6.07, 6.45) is -2.93. The minimum atomic E-state index is -4.70. The number of hydrogen-bond donors (Lipinski definition) is 1. The van der Waals surface area contributed by atoms with Crippen molar-refractivity contribution in [1.29, 1.82) is 0 Å². The average molecular weight is 464 g/mol. The summed E-state index contributed by atoms with van der Waals surface area (Å²) in [6, 6.07) is 15.1. The summed E-state index contributed by atoms with van der Waals surface area (Å²) in [5.74, 6) is -0.603. The van der Waals surface area contributed by atoms with Gasteiger partial charge in [-0.2, -0.15) is 23.4 Å². The average Bonchev–Trinajstić information content (AvgIpc) is 3.37. The van der Waals surface area contributed by atoms with Crippen molar-refractivity contribution in [2.24, 2.45) is 7.05 Å². The predicted octanol–water partition coefficient (Wildman–Crippen LogP) is 4.54. The Morgan fingerprint density at radius 2 is 1.79 bits per heavy atom. The van der Waals surface area contributed by atoms with Gasteiger partial charge in [0.25, 0.3) is 5.91 Å². The summed E-state index contributed by atoms with van der Waals surface area (Å²) < 4.78 is 44.0. The minimum Gasteiger partial charge on any atom is -0.346 e. The van der Waals surface area contributed by atoms with E-state index in [-0.39, 0.29) is 23.6 Å². The molecule has 0 aliphatic carbocycles. The van der Waals surface area contributed by atoms with Gasteiger partial charge < -0.3 is 5.32 Å². The molecule has 0 saturated heterocycles. The molecule has 0 aliphatic rings. The number of carbonyl (C=O) groups is 1. The molecule has 0 bridgehead atoms. The van der Waals surface area contributed by atoms with E-state index in [4.69, 9.17) is 0 Å². The van der Waals surface area contributed by atoms with Crippen molar-refractivity contribution in [3.8, 4) is 11.3 Å². The smallest absolute Gasteiger partial charge is 0.346 e. The normalized spacial score (nSPS) is 11.9. The molecule has 172 valence electrons. The SMILES string of the molecule is Cc1nn(C)cc1CNC(=O)c1cc2nc(-c3ccc4ccccc4c3)cc(C(F)(F)F)n2n1. The Labute approximate surface area is 191 Å². The number of benzene rings is 2. The molecule has 3 heterocycles. The topological polar surface area (TPSA) is 77.1 Å². The lowest BCUT2D eigenvalue weighted by Gasteiger charge is -2.11. The molecule has 0 aliphatic heterocycles. The first-order valence-corrected chi connectivity index (χ1v) is 10.4. The van der Waals surface area contributed by atoms with Gasteiger partial charge >= 0.3 is 6.18 Å². The molecular weight excluding hydrogens is 445 g/mol. The van der Waals surface area contributed by atoms with Crippen LogP contribution in [0.4, 0.5) is 13.2 Å². The van der Waals surface area contributed by atoms with E-state index in [1.165, 1.54) is 6.07 Å². The van der Waals surface area contributed by atoms with E-state index in [2.05, 4.69) is 20.5 Å². The van der Waals surface area contributed by atoms with Gasteiger partial charge in [-0.1, -0.05) is 36.4 Å². The molecule has 34 heavy (non-hydrogen) atoms. The van der Waals surface area contributed by atoms with Crippen LogP contribution in [0.3, 0.4) is 0 Å². The van der Waals surface area contributed by atoms with Gasteiger partial charge in [-0.05, 0) is 29.8 Å². The highest BCUT2D eigenvalue weighted by molar-refractivity contribution is 5.93. The van der Waals surface area contributed by atoms with Gasteiger partial charge in [0.15, 0.2) is 17.0 Å². The lowest BCUT2D eigenvalue weighted by Crippen LogP contribution is -2.23. The summed E-state index contributed by atoms with van der Waals surface area (Å²) in [5.41, 5.74) is 0.985. The Morgan fingerprint density at radius 1 is 1.03 bits per heavy atom. The molecule has 0 saturated carbocycles. The molecule has 5 rings (SSSR count). The number of aromatic nitrogens is 5. The van der Waals surface area contributed by atoms with Crippen molar-refractivity contribution < 1.29 is 18.0 Å². The van der Waals surface area contributed by atoms with Crippen LogP contribution >= 0.6 is 0 Å². The molecule has 0 atom stereocenters. The van der Waals surface area contributed by atoms with E-state index in [1.54, 1.807) is 37.0 Å². The lowest BCUT2D eigenvalue weighted by atomic mass is 10.0. The van der Waals surface area contributed by atoms with Crippen LogP contribution < -0.4 is 5.32 Å². The van der Waals surface area contributed by atoms with E-state index in [9.17, 15) is 18.0 Å². The van der Waals surface area contributed by atoms with Crippen LogP contribution in [-0.2, 0) is 19.8 Å². The van der Waals surface area contributed by atoms with Crippen LogP contribution in [0.5, 0.6) is 0 Å². The van der Waals surface area contributed by atoms with E-state index in [0.717, 1.165) is 28.1 Å². The maximum absolute atomic E-state index is 13.9. The van der Waals surface area contributed by atoms with Gasteiger partial charge in [0, 0.05) is 37.0 Å². The highest BCUT2D eigenvalue weighted by Gasteiger charge is 2.35. The maximum atomic E-state index is 13.9. The molecule has 0 radical (unpaired) electrons. The molecule has 2 aromatic carbocycles. The Balaban J connectivity index is 1.53. The highest BCUT2D eigenvalue weighted by Crippen LogP contribution is 2.33. The Bertz CT molecular complexity index is 1550. The number of nitrogens with zero attached hydrogens (tertiary/aromatic N) is 5. The summed E-state index contributed by atoms with van der Waals surface area (Å²) in [4.78, 5) is 17.0. The second-order valence-corrected chi connectivity index (χ2v) is 7.98. The molecule has 1 N–H and O–H groups in total. The monoisotopic (exact) mass is 464 g/mol. The second kappa shape index (κ2) is 7.98. The van der Waals surface area contributed by atoms with Crippen LogP contribution in [-0.4, -0.2) is 30.3 Å². The molecule has 7 nitrogen and oxygen atoms in total. The summed E-state index contributed by atoms with van der Waals surface area (Å²) >= 11 is 0. The Hall–Kier alpha value is -4.21. The number of rotatable bonds is 4. The molecule has 3 aromatic heterocycles. The first kappa shape index (κ1) is 21.6. The molecule has 0 spiro atoms. The van der Waals surface area contributed by atoms with Crippen LogP contribution in [0.1, 0.15) is 27.4 Å². The van der Waals surface area contributed by atoms with Gasteiger partial charge in [0.2, 0.25) is 0 Å². The van der Waals surface area contributed by atoms with Crippen LogP contribution in [0.2, 0.25) is 0 Å². The fraction of sp³-hybridized carbons (Fsp3) is 0.167. The number of carbonyl (C=O) groups excluding carboxylic acids is 1. The fourth-order valence-corrected chi connectivity index (χ4v) is 3.87. The van der Waals surface area contributed by atoms with Crippen molar-refractivity contribution in [3.63, 3.8) is 0 Å². The third-order valence-electron chi connectivity index (χ3n) is 5.55. The Kier molecular flexibility index (Phi) is 5.07. The van der Waals surface area contributed by atoms with Crippen molar-refractivity contribution in [2.45, 2.75) is 19.6 Å². The zero-order chi connectivity index (χ0) is 24.0. The van der Waals surface area contributed by atoms with E-state index in [0.29, 0.717) is 10.1 Å². The van der Waals surface area contributed by atoms with Crippen molar-refractivity contribution in [3.05, 3.63) is 83.4 Å². The largest absolute Gasteiger partial charge is 0.433 e. The zero-order valence-corrected chi connectivity index (χ0v) is 18.3. The first-order chi connectivity index (χ1) is 16.2. The molecule has 1 amide bonds. The lowest BCUT2D eigenvalue weighted by molar-refractivity contribution is -0.142. The molecule has 0 fully saturated rings. The van der Waals surface area contributed by atoms with Gasteiger partial charge in [-0.25, -0.2) is 9.50 Å². The standard InChI is InChI=1S/C24H19F3N6O/c1-14-18(13-32(2)30-14)12-28-23(34)20-11-22-29-19(10-21(24(25,26)27)33(22)31-20)17-8-7-15-5-3-4-6-16(15)9-17/h3-11,13H,12H2,1-2H3,(H,28,34). The van der Waals surface area contributed by atoms with E-state index in [1.807, 2.05) is 30.3 Å². The fourth-order valence-electron chi connectivity index (χ4n) is 3.87. The molecule has 10 heteroatoms. The zero-order valence-electron chi connectivity index (χ0n) is 18.3. The number of nitrogens with one attached hydrogen (secondary N) is 1. The quantitative estimate of drug-likeness (QED) is 0.424. The highest BCUT2D eigenvalue weighted by atomic mass is 19.4. The third kappa shape index (κ3) is 3.98. The van der Waals surface area contributed by atoms with Crippen LogP contribution in [0, 0.1) is 6.92 Å². The van der Waals surface area contributed by atoms with Crippen LogP contribution in [0.15, 0.2) is 60.8 Å². The number of halogens is 3. The van der Waals surface area contributed by atoms with Crippen molar-refractivity contribution >= 4 is 22.3 Å². The molecular formula is C24H19F3N6O. The van der Waals surface area contributed by atoms with Crippen LogP contribution in [0.25, 0.3) is 27.7 Å².